The van der Waals surface area contributed by atoms with Crippen LogP contribution in [0.4, 0.5) is 0 Å². The third-order valence-electron chi connectivity index (χ3n) is 4.81. The van der Waals surface area contributed by atoms with Gasteiger partial charge in [-0.1, -0.05) is 0 Å². The van der Waals surface area contributed by atoms with E-state index in [2.05, 4.69) is 10.1 Å². The van der Waals surface area contributed by atoms with E-state index in [1.165, 1.54) is 6.33 Å². The maximum Gasteiger partial charge on any atom is 0.164 e. The molecule has 2 aliphatic rings. The third kappa shape index (κ3) is 2.11. The first kappa shape index (κ1) is 15.9. The number of fused-ring (bicyclic) bond motifs is 2. The van der Waals surface area contributed by atoms with Crippen LogP contribution in [0.2, 0.25) is 0 Å². The molecule has 4 rings (SSSR count). The summed E-state index contributed by atoms with van der Waals surface area (Å²) in [5.41, 5.74) is 1.28. The molecule has 0 amide bonds. The average molecular weight is 335 g/mol. The van der Waals surface area contributed by atoms with Crippen molar-refractivity contribution in [1.82, 2.24) is 14.6 Å². The number of aliphatic hydroxyl groups excluding tert-OH is 2. The average Bonchev–Trinajstić information content (AvgIpc) is 3.18. The third-order valence-corrected chi connectivity index (χ3v) is 4.81. The molecule has 0 spiro atoms. The van der Waals surface area contributed by atoms with E-state index >= 15 is 0 Å². The number of rotatable bonds is 3. The number of nitrogens with zero attached hydrogens (tertiary/aromatic N) is 3. The van der Waals surface area contributed by atoms with Gasteiger partial charge in [0.15, 0.2) is 5.79 Å². The molecule has 0 radical (unpaired) electrons. The van der Waals surface area contributed by atoms with Gasteiger partial charge in [-0.3, -0.25) is 0 Å². The van der Waals surface area contributed by atoms with E-state index in [1.54, 1.807) is 4.52 Å². The quantitative estimate of drug-likeness (QED) is 0.835. The number of hydrogen-bond acceptors (Lipinski definition) is 7. The minimum absolute atomic E-state index is 0.363. The Morgan fingerprint density at radius 2 is 1.92 bits per heavy atom. The fourth-order valence-electron chi connectivity index (χ4n) is 3.63. The molecule has 4 heterocycles. The Morgan fingerprint density at radius 1 is 1.17 bits per heavy atom. The second-order valence-electron chi connectivity index (χ2n) is 6.84. The molecule has 130 valence electrons. The summed E-state index contributed by atoms with van der Waals surface area (Å²) in [5, 5.41) is 24.0. The Bertz CT molecular complexity index is 770. The Labute approximate surface area is 139 Å². The fourth-order valence-corrected chi connectivity index (χ4v) is 3.63. The lowest BCUT2D eigenvalue weighted by Crippen LogP contribution is -2.49. The molecule has 2 aromatic rings. The number of aromatic nitrogens is 3. The molecule has 0 bridgehead atoms. The molecular weight excluding hydrogens is 314 g/mol. The predicted octanol–water partition coefficient (Wildman–Crippen LogP) is 0.353. The van der Waals surface area contributed by atoms with Gasteiger partial charge in [-0.15, -0.1) is 0 Å². The van der Waals surface area contributed by atoms with Gasteiger partial charge < -0.3 is 24.4 Å². The first-order valence-electron chi connectivity index (χ1n) is 7.95. The van der Waals surface area contributed by atoms with E-state index < -0.39 is 29.7 Å². The lowest BCUT2D eigenvalue weighted by Gasteiger charge is -2.31. The number of aliphatic hydroxyl groups is 2. The van der Waals surface area contributed by atoms with Crippen LogP contribution in [-0.2, 0) is 14.2 Å². The molecule has 2 aromatic heterocycles. The van der Waals surface area contributed by atoms with E-state index in [0.29, 0.717) is 0 Å². The van der Waals surface area contributed by atoms with Crippen molar-refractivity contribution >= 4 is 5.52 Å². The van der Waals surface area contributed by atoms with Gasteiger partial charge in [-0.2, -0.15) is 5.10 Å². The second-order valence-corrected chi connectivity index (χ2v) is 6.84. The number of aryl methyl sites for hydroxylation is 1. The van der Waals surface area contributed by atoms with Crippen molar-refractivity contribution < 1.29 is 24.4 Å². The highest BCUT2D eigenvalue weighted by Crippen LogP contribution is 2.49. The SMILES string of the molecule is Cc1ncnn2c([C@@H]3OC(CO)(CO)[C@H]4OC(C)(C)O[C@@H]34)ccc12. The minimum atomic E-state index is -1.21. The summed E-state index contributed by atoms with van der Waals surface area (Å²) < 4.78 is 19.8. The van der Waals surface area contributed by atoms with Crippen LogP contribution in [0.25, 0.3) is 5.52 Å². The van der Waals surface area contributed by atoms with E-state index in [4.69, 9.17) is 14.2 Å². The van der Waals surface area contributed by atoms with Gasteiger partial charge >= 0.3 is 0 Å². The van der Waals surface area contributed by atoms with Crippen LogP contribution < -0.4 is 0 Å². The van der Waals surface area contributed by atoms with Gasteiger partial charge in [0, 0.05) is 0 Å². The summed E-state index contributed by atoms with van der Waals surface area (Å²) in [6.07, 6.45) is -0.0546. The highest BCUT2D eigenvalue weighted by molar-refractivity contribution is 5.52. The van der Waals surface area contributed by atoms with E-state index in [1.807, 2.05) is 32.9 Å². The largest absolute Gasteiger partial charge is 0.393 e. The molecule has 0 unspecified atom stereocenters. The molecule has 0 saturated carbocycles. The Balaban J connectivity index is 1.81. The van der Waals surface area contributed by atoms with E-state index in [0.717, 1.165) is 16.9 Å². The van der Waals surface area contributed by atoms with E-state index in [-0.39, 0.29) is 13.2 Å². The highest BCUT2D eigenvalue weighted by Gasteiger charge is 2.63. The normalized spacial score (nSPS) is 30.8. The van der Waals surface area contributed by atoms with Crippen molar-refractivity contribution in [3.05, 3.63) is 29.8 Å². The molecule has 2 aliphatic heterocycles. The number of ether oxygens (including phenoxy) is 3. The maximum atomic E-state index is 9.85. The molecule has 0 aliphatic carbocycles. The minimum Gasteiger partial charge on any atom is -0.393 e. The zero-order valence-corrected chi connectivity index (χ0v) is 13.8. The van der Waals surface area contributed by atoms with Crippen molar-refractivity contribution in [3.8, 4) is 0 Å². The zero-order chi connectivity index (χ0) is 17.1. The topological polar surface area (TPSA) is 98.3 Å². The van der Waals surface area contributed by atoms with Crippen molar-refractivity contribution in [2.24, 2.45) is 0 Å². The Morgan fingerprint density at radius 3 is 2.62 bits per heavy atom. The summed E-state index contributed by atoms with van der Waals surface area (Å²) in [4.78, 5) is 4.19. The Hall–Kier alpha value is -1.58. The molecule has 8 nitrogen and oxygen atoms in total. The van der Waals surface area contributed by atoms with Gasteiger partial charge in [-0.05, 0) is 32.9 Å². The number of hydrogen-bond donors (Lipinski definition) is 2. The lowest BCUT2D eigenvalue weighted by atomic mass is 9.95. The molecular formula is C16H21N3O5. The van der Waals surface area contributed by atoms with Crippen LogP contribution in [0.1, 0.15) is 31.3 Å². The van der Waals surface area contributed by atoms with Crippen LogP contribution in [0.5, 0.6) is 0 Å². The molecule has 2 saturated heterocycles. The summed E-state index contributed by atoms with van der Waals surface area (Å²) in [5.74, 6) is -0.815. The first-order valence-corrected chi connectivity index (χ1v) is 7.95. The fraction of sp³-hybridized carbons (Fsp3) is 0.625. The van der Waals surface area contributed by atoms with Crippen LogP contribution >= 0.6 is 0 Å². The Kier molecular flexibility index (Phi) is 3.45. The van der Waals surface area contributed by atoms with Crippen LogP contribution in [0.3, 0.4) is 0 Å². The van der Waals surface area contributed by atoms with Crippen LogP contribution in [0.15, 0.2) is 18.5 Å². The standard InChI is InChI=1S/C16H21N3O5/c1-9-10-4-5-11(19(10)18-8-17-9)12-13-14(24-15(2,3)22-13)16(6-20,7-21)23-12/h4-5,8,12-14,20-21H,6-7H2,1-3H3/t12-,13-,14-/m0/s1. The lowest BCUT2D eigenvalue weighted by molar-refractivity contribution is -0.224. The second kappa shape index (κ2) is 5.21. The van der Waals surface area contributed by atoms with Gasteiger partial charge in [0.1, 0.15) is 30.2 Å². The first-order chi connectivity index (χ1) is 11.4. The molecule has 8 heteroatoms. The zero-order valence-electron chi connectivity index (χ0n) is 13.8. The van der Waals surface area contributed by atoms with Gasteiger partial charge in [0.2, 0.25) is 0 Å². The van der Waals surface area contributed by atoms with Gasteiger partial charge in [-0.25, -0.2) is 9.50 Å². The van der Waals surface area contributed by atoms with Crippen molar-refractivity contribution in [1.29, 1.82) is 0 Å². The molecule has 24 heavy (non-hydrogen) atoms. The molecule has 3 atom stereocenters. The summed E-state index contributed by atoms with van der Waals surface area (Å²) in [6, 6.07) is 3.82. The maximum absolute atomic E-state index is 9.85. The van der Waals surface area contributed by atoms with Crippen LogP contribution in [-0.4, -0.2) is 61.6 Å². The predicted molar refractivity (Wildman–Crippen MR) is 82.3 cm³/mol. The van der Waals surface area contributed by atoms with Crippen molar-refractivity contribution in [2.75, 3.05) is 13.2 Å². The van der Waals surface area contributed by atoms with Gasteiger partial charge in [0.25, 0.3) is 0 Å². The van der Waals surface area contributed by atoms with Crippen LogP contribution in [0, 0.1) is 6.92 Å². The molecule has 2 N–H and O–H groups in total. The van der Waals surface area contributed by atoms with Crippen molar-refractivity contribution in [2.45, 2.75) is 50.5 Å². The summed E-state index contributed by atoms with van der Waals surface area (Å²) in [6.45, 7) is 4.80. The highest BCUT2D eigenvalue weighted by atomic mass is 16.8. The monoisotopic (exact) mass is 335 g/mol. The summed E-state index contributed by atoms with van der Waals surface area (Å²) in [7, 11) is 0. The molecule has 0 aromatic carbocycles. The smallest absolute Gasteiger partial charge is 0.164 e. The molecule has 2 fully saturated rings. The summed E-state index contributed by atoms with van der Waals surface area (Å²) >= 11 is 0. The van der Waals surface area contributed by atoms with Gasteiger partial charge in [0.05, 0.1) is 30.1 Å². The van der Waals surface area contributed by atoms with E-state index in [9.17, 15) is 10.2 Å². The van der Waals surface area contributed by atoms with Crippen molar-refractivity contribution in [3.63, 3.8) is 0 Å².